The van der Waals surface area contributed by atoms with Crippen LogP contribution in [0.25, 0.3) is 0 Å². The van der Waals surface area contributed by atoms with Crippen molar-refractivity contribution in [2.75, 3.05) is 12.4 Å². The number of hydrogen-bond acceptors (Lipinski definition) is 6. The Kier molecular flexibility index (Phi) is 3.08. The Morgan fingerprint density at radius 1 is 1.13 bits per heavy atom. The Hall–Kier alpha value is -1.69. The van der Waals surface area contributed by atoms with E-state index in [1.54, 1.807) is 18.5 Å². The summed E-state index contributed by atoms with van der Waals surface area (Å²) in [6, 6.07) is 3.63. The summed E-state index contributed by atoms with van der Waals surface area (Å²) in [7, 11) is 1.82. The fourth-order valence-electron chi connectivity index (χ4n) is 0.964. The third-order valence-electron chi connectivity index (χ3n) is 1.64. The van der Waals surface area contributed by atoms with E-state index in [0.717, 1.165) is 10.8 Å². The number of anilines is 1. The molecule has 0 unspecified atom stereocenters. The van der Waals surface area contributed by atoms with Crippen LogP contribution >= 0.6 is 11.8 Å². The van der Waals surface area contributed by atoms with Gasteiger partial charge in [-0.25, -0.2) is 19.9 Å². The van der Waals surface area contributed by atoms with Crippen LogP contribution < -0.4 is 5.32 Å². The molecule has 2 aromatic rings. The van der Waals surface area contributed by atoms with Crippen molar-refractivity contribution in [3.05, 3.63) is 30.9 Å². The Morgan fingerprint density at radius 2 is 1.93 bits per heavy atom. The second-order valence-corrected chi connectivity index (χ2v) is 3.61. The molecule has 6 heteroatoms. The summed E-state index contributed by atoms with van der Waals surface area (Å²) in [6.07, 6.45) is 4.92. The molecule has 0 fully saturated rings. The fraction of sp³-hybridized carbons (Fsp3) is 0.111. The van der Waals surface area contributed by atoms with Gasteiger partial charge in [-0.3, -0.25) is 0 Å². The lowest BCUT2D eigenvalue weighted by Gasteiger charge is -2.00. The van der Waals surface area contributed by atoms with Crippen LogP contribution in [0.2, 0.25) is 0 Å². The van der Waals surface area contributed by atoms with Crippen molar-refractivity contribution in [1.29, 1.82) is 0 Å². The van der Waals surface area contributed by atoms with Gasteiger partial charge in [-0.15, -0.1) is 0 Å². The van der Waals surface area contributed by atoms with Gasteiger partial charge in [0.05, 0.1) is 0 Å². The summed E-state index contributed by atoms with van der Waals surface area (Å²) in [5, 5.41) is 4.45. The molecular formula is C9H9N5S. The Labute approximate surface area is 91.4 Å². The first-order valence-electron chi connectivity index (χ1n) is 4.33. The Morgan fingerprint density at radius 3 is 2.67 bits per heavy atom. The highest BCUT2D eigenvalue weighted by Gasteiger charge is 2.01. The number of rotatable bonds is 3. The summed E-state index contributed by atoms with van der Waals surface area (Å²) < 4.78 is 0. The van der Waals surface area contributed by atoms with Crippen molar-refractivity contribution >= 4 is 17.6 Å². The van der Waals surface area contributed by atoms with E-state index in [4.69, 9.17) is 0 Å². The zero-order valence-corrected chi connectivity index (χ0v) is 8.90. The molecule has 0 spiro atoms. The van der Waals surface area contributed by atoms with Gasteiger partial charge in [0.2, 0.25) is 0 Å². The van der Waals surface area contributed by atoms with E-state index in [9.17, 15) is 0 Å². The van der Waals surface area contributed by atoms with Crippen LogP contribution in [0.3, 0.4) is 0 Å². The van der Waals surface area contributed by atoms with Gasteiger partial charge in [0.15, 0.2) is 5.16 Å². The molecule has 0 saturated heterocycles. The van der Waals surface area contributed by atoms with Gasteiger partial charge >= 0.3 is 0 Å². The summed E-state index contributed by atoms with van der Waals surface area (Å²) in [4.78, 5) is 16.3. The van der Waals surface area contributed by atoms with Gasteiger partial charge in [0.25, 0.3) is 0 Å². The first kappa shape index (κ1) is 9.85. The van der Waals surface area contributed by atoms with Crippen molar-refractivity contribution in [3.63, 3.8) is 0 Å². The minimum atomic E-state index is 0.679. The second-order valence-electron chi connectivity index (χ2n) is 2.62. The highest BCUT2D eigenvalue weighted by molar-refractivity contribution is 7.99. The van der Waals surface area contributed by atoms with Crippen LogP contribution in [0.4, 0.5) is 5.82 Å². The lowest BCUT2D eigenvalue weighted by molar-refractivity contribution is 0.955. The molecule has 0 radical (unpaired) electrons. The first-order valence-corrected chi connectivity index (χ1v) is 5.15. The van der Waals surface area contributed by atoms with Crippen LogP contribution in [0.1, 0.15) is 0 Å². The normalized spacial score (nSPS) is 9.93. The molecule has 0 aromatic carbocycles. The molecule has 0 amide bonds. The summed E-state index contributed by atoms with van der Waals surface area (Å²) in [6.45, 7) is 0. The van der Waals surface area contributed by atoms with Gasteiger partial charge in [-0.1, -0.05) is 0 Å². The van der Waals surface area contributed by atoms with Crippen LogP contribution in [0.5, 0.6) is 0 Å². The average Bonchev–Trinajstić information content (AvgIpc) is 2.31. The molecule has 0 aliphatic rings. The second kappa shape index (κ2) is 4.70. The van der Waals surface area contributed by atoms with E-state index < -0.39 is 0 Å². The van der Waals surface area contributed by atoms with Crippen LogP contribution in [-0.4, -0.2) is 27.0 Å². The lowest BCUT2D eigenvalue weighted by atomic mass is 10.6. The largest absolute Gasteiger partial charge is 0.373 e. The van der Waals surface area contributed by atoms with Crippen molar-refractivity contribution in [2.24, 2.45) is 0 Å². The van der Waals surface area contributed by atoms with E-state index in [1.807, 2.05) is 13.1 Å². The molecule has 0 saturated carbocycles. The summed E-state index contributed by atoms with van der Waals surface area (Å²) in [5.74, 6) is 0.781. The molecule has 2 aromatic heterocycles. The SMILES string of the molecule is CNc1cc(Sc2ncccn2)ncn1. The quantitative estimate of drug-likeness (QED) is 0.623. The third kappa shape index (κ3) is 2.63. The minimum Gasteiger partial charge on any atom is -0.373 e. The zero-order chi connectivity index (χ0) is 10.5. The smallest absolute Gasteiger partial charge is 0.193 e. The minimum absolute atomic E-state index is 0.679. The summed E-state index contributed by atoms with van der Waals surface area (Å²) in [5.41, 5.74) is 0. The predicted octanol–water partition coefficient (Wildman–Crippen LogP) is 1.46. The van der Waals surface area contributed by atoms with Crippen molar-refractivity contribution < 1.29 is 0 Å². The highest BCUT2D eigenvalue weighted by atomic mass is 32.2. The summed E-state index contributed by atoms with van der Waals surface area (Å²) >= 11 is 1.40. The molecule has 2 heterocycles. The Bertz CT molecular complexity index is 434. The van der Waals surface area contributed by atoms with E-state index in [0.29, 0.717) is 5.16 Å². The molecule has 76 valence electrons. The number of aromatic nitrogens is 4. The standard InChI is InChI=1S/C9H9N5S/c1-10-7-5-8(14-6-13-7)15-9-11-3-2-4-12-9/h2-6H,1H3,(H,10,13,14). The maximum Gasteiger partial charge on any atom is 0.193 e. The molecule has 0 aliphatic carbocycles. The first-order chi connectivity index (χ1) is 7.38. The molecule has 0 bridgehead atoms. The number of nitrogens with one attached hydrogen (secondary N) is 1. The van der Waals surface area contributed by atoms with Crippen molar-refractivity contribution in [2.45, 2.75) is 10.2 Å². The third-order valence-corrected chi connectivity index (χ3v) is 2.46. The van der Waals surface area contributed by atoms with E-state index in [2.05, 4.69) is 25.3 Å². The van der Waals surface area contributed by atoms with Gasteiger partial charge in [0, 0.05) is 25.5 Å². The maximum absolute atomic E-state index is 4.11. The van der Waals surface area contributed by atoms with Crippen molar-refractivity contribution in [1.82, 2.24) is 19.9 Å². The molecular weight excluding hydrogens is 210 g/mol. The Balaban J connectivity index is 2.17. The average molecular weight is 219 g/mol. The number of nitrogens with zero attached hydrogens (tertiary/aromatic N) is 4. The van der Waals surface area contributed by atoms with Crippen LogP contribution in [0, 0.1) is 0 Å². The van der Waals surface area contributed by atoms with Crippen LogP contribution in [-0.2, 0) is 0 Å². The predicted molar refractivity (Wildman–Crippen MR) is 57.7 cm³/mol. The maximum atomic E-state index is 4.11. The lowest BCUT2D eigenvalue weighted by Crippen LogP contribution is -1.93. The van der Waals surface area contributed by atoms with Gasteiger partial charge < -0.3 is 5.32 Å². The molecule has 2 rings (SSSR count). The monoisotopic (exact) mass is 219 g/mol. The highest BCUT2D eigenvalue weighted by Crippen LogP contribution is 2.22. The topological polar surface area (TPSA) is 63.6 Å². The van der Waals surface area contributed by atoms with E-state index in [-0.39, 0.29) is 0 Å². The molecule has 0 aliphatic heterocycles. The number of hydrogen-bond donors (Lipinski definition) is 1. The van der Waals surface area contributed by atoms with Gasteiger partial charge in [-0.2, -0.15) is 0 Å². The molecule has 15 heavy (non-hydrogen) atoms. The molecule has 0 atom stereocenters. The van der Waals surface area contributed by atoms with Gasteiger partial charge in [-0.05, 0) is 17.8 Å². The van der Waals surface area contributed by atoms with Gasteiger partial charge in [0.1, 0.15) is 17.2 Å². The van der Waals surface area contributed by atoms with E-state index in [1.165, 1.54) is 18.1 Å². The zero-order valence-electron chi connectivity index (χ0n) is 8.08. The van der Waals surface area contributed by atoms with E-state index >= 15 is 0 Å². The fourth-order valence-corrected chi connectivity index (χ4v) is 1.65. The molecule has 1 N–H and O–H groups in total. The molecule has 5 nitrogen and oxygen atoms in total. The van der Waals surface area contributed by atoms with Crippen LogP contribution in [0.15, 0.2) is 41.0 Å². The van der Waals surface area contributed by atoms with Crippen molar-refractivity contribution in [3.8, 4) is 0 Å².